The molecule has 0 aliphatic carbocycles. The zero-order valence-corrected chi connectivity index (χ0v) is 14.3. The third kappa shape index (κ3) is 4.87. The Bertz CT molecular complexity index is 761. The minimum absolute atomic E-state index is 0.211. The second-order valence-corrected chi connectivity index (χ2v) is 5.13. The van der Waals surface area contributed by atoms with Crippen molar-refractivity contribution in [2.24, 2.45) is 0 Å². The van der Waals surface area contributed by atoms with Gasteiger partial charge in [0.2, 0.25) is 0 Å². The number of carbonyl (C=O) groups excluding carboxylic acids is 2. The van der Waals surface area contributed by atoms with Crippen LogP contribution in [0.1, 0.15) is 15.9 Å². The highest BCUT2D eigenvalue weighted by Crippen LogP contribution is 2.27. The van der Waals surface area contributed by atoms with Crippen molar-refractivity contribution in [1.82, 2.24) is 10.9 Å². The molecule has 2 aromatic rings. The van der Waals surface area contributed by atoms with Gasteiger partial charge in [-0.2, -0.15) is 0 Å². The molecule has 2 N–H and O–H groups in total. The number of para-hydroxylation sites is 1. The van der Waals surface area contributed by atoms with Gasteiger partial charge in [-0.1, -0.05) is 18.2 Å². The van der Waals surface area contributed by atoms with E-state index in [2.05, 4.69) is 10.9 Å². The molecule has 2 amide bonds. The first-order valence-electron chi connectivity index (χ1n) is 7.54. The summed E-state index contributed by atoms with van der Waals surface area (Å²) in [6.45, 7) is 1.67. The molecule has 7 heteroatoms. The molecule has 0 aromatic heterocycles. The highest BCUT2D eigenvalue weighted by Gasteiger charge is 2.12. The summed E-state index contributed by atoms with van der Waals surface area (Å²) in [4.78, 5) is 23.9. The first-order valence-corrected chi connectivity index (χ1v) is 7.54. The number of hydrogen-bond donors (Lipinski definition) is 2. The van der Waals surface area contributed by atoms with Crippen molar-refractivity contribution in [3.05, 3.63) is 53.6 Å². The predicted molar refractivity (Wildman–Crippen MR) is 91.8 cm³/mol. The lowest BCUT2D eigenvalue weighted by atomic mass is 10.2. The monoisotopic (exact) mass is 344 g/mol. The third-order valence-corrected chi connectivity index (χ3v) is 3.41. The quantitative estimate of drug-likeness (QED) is 0.781. The van der Waals surface area contributed by atoms with Gasteiger partial charge >= 0.3 is 0 Å². The zero-order chi connectivity index (χ0) is 18.2. The van der Waals surface area contributed by atoms with Gasteiger partial charge in [0.25, 0.3) is 11.8 Å². The number of methoxy groups -OCH3 is 2. The predicted octanol–water partition coefficient (Wildman–Crippen LogP) is 1.85. The Morgan fingerprint density at radius 2 is 1.64 bits per heavy atom. The average Bonchev–Trinajstić information content (AvgIpc) is 2.64. The fourth-order valence-corrected chi connectivity index (χ4v) is 2.07. The Labute approximate surface area is 145 Å². The number of ether oxygens (including phenoxy) is 3. The summed E-state index contributed by atoms with van der Waals surface area (Å²) in [6.07, 6.45) is 0. The van der Waals surface area contributed by atoms with E-state index in [9.17, 15) is 9.59 Å². The summed E-state index contributed by atoms with van der Waals surface area (Å²) in [7, 11) is 2.98. The maximum atomic E-state index is 12.1. The fraction of sp³-hybridized carbons (Fsp3) is 0.222. The van der Waals surface area contributed by atoms with Crippen molar-refractivity contribution < 1.29 is 23.8 Å². The molecule has 0 fully saturated rings. The van der Waals surface area contributed by atoms with Gasteiger partial charge in [0, 0.05) is 5.56 Å². The van der Waals surface area contributed by atoms with Gasteiger partial charge in [0.05, 0.1) is 14.2 Å². The summed E-state index contributed by atoms with van der Waals surface area (Å²) in [6, 6.07) is 12.0. The van der Waals surface area contributed by atoms with Crippen molar-refractivity contribution in [1.29, 1.82) is 0 Å². The van der Waals surface area contributed by atoms with Crippen molar-refractivity contribution in [3.63, 3.8) is 0 Å². The van der Waals surface area contributed by atoms with Crippen LogP contribution in [0, 0.1) is 6.92 Å². The second-order valence-electron chi connectivity index (χ2n) is 5.13. The number of rotatable bonds is 6. The molecule has 2 rings (SSSR count). The number of aryl methyl sites for hydroxylation is 1. The standard InChI is InChI=1S/C18H20N2O5/c1-12-6-4-5-7-14(12)25-11-17(21)19-20-18(22)13-8-9-15(23-2)16(10-13)24-3/h4-10H,11H2,1-3H3,(H,19,21)(H,20,22). The largest absolute Gasteiger partial charge is 0.493 e. The lowest BCUT2D eigenvalue weighted by Crippen LogP contribution is -2.43. The molecule has 0 heterocycles. The molecule has 0 saturated carbocycles. The minimum Gasteiger partial charge on any atom is -0.493 e. The maximum Gasteiger partial charge on any atom is 0.276 e. The van der Waals surface area contributed by atoms with Gasteiger partial charge in [-0.3, -0.25) is 20.4 Å². The molecule has 0 saturated heterocycles. The van der Waals surface area contributed by atoms with Crippen LogP contribution in [-0.4, -0.2) is 32.6 Å². The summed E-state index contributed by atoms with van der Waals surface area (Å²) in [5.74, 6) is 0.588. The molecule has 2 aromatic carbocycles. The van der Waals surface area contributed by atoms with Gasteiger partial charge in [-0.05, 0) is 36.8 Å². The van der Waals surface area contributed by atoms with Gasteiger partial charge in [0.1, 0.15) is 5.75 Å². The number of amides is 2. The average molecular weight is 344 g/mol. The summed E-state index contributed by atoms with van der Waals surface area (Å²) in [5, 5.41) is 0. The zero-order valence-electron chi connectivity index (χ0n) is 14.3. The number of hydrazine groups is 1. The van der Waals surface area contributed by atoms with E-state index in [1.165, 1.54) is 20.3 Å². The molecule has 0 aliphatic rings. The summed E-state index contributed by atoms with van der Waals surface area (Å²) >= 11 is 0. The van der Waals surface area contributed by atoms with Gasteiger partial charge in [-0.15, -0.1) is 0 Å². The van der Waals surface area contributed by atoms with Crippen LogP contribution >= 0.6 is 0 Å². The Balaban J connectivity index is 1.87. The Morgan fingerprint density at radius 1 is 0.920 bits per heavy atom. The normalized spacial score (nSPS) is 9.88. The molecule has 25 heavy (non-hydrogen) atoms. The van der Waals surface area contributed by atoms with E-state index in [1.54, 1.807) is 18.2 Å². The van der Waals surface area contributed by atoms with Crippen LogP contribution in [0.5, 0.6) is 17.2 Å². The molecular weight excluding hydrogens is 324 g/mol. The Kier molecular flexibility index (Phi) is 6.22. The van der Waals surface area contributed by atoms with Crippen molar-refractivity contribution in [2.75, 3.05) is 20.8 Å². The molecule has 0 aliphatic heterocycles. The van der Waals surface area contributed by atoms with Crippen LogP contribution in [0.3, 0.4) is 0 Å². The number of benzene rings is 2. The van der Waals surface area contributed by atoms with Crippen molar-refractivity contribution in [2.45, 2.75) is 6.92 Å². The molecule has 0 unspecified atom stereocenters. The highest BCUT2D eigenvalue weighted by molar-refractivity contribution is 5.96. The lowest BCUT2D eigenvalue weighted by Gasteiger charge is -2.11. The fourth-order valence-electron chi connectivity index (χ4n) is 2.07. The second kappa shape index (κ2) is 8.58. The number of carbonyl (C=O) groups is 2. The van der Waals surface area contributed by atoms with E-state index in [1.807, 2.05) is 25.1 Å². The van der Waals surface area contributed by atoms with Crippen molar-refractivity contribution >= 4 is 11.8 Å². The van der Waals surface area contributed by atoms with Crippen LogP contribution in [0.2, 0.25) is 0 Å². The lowest BCUT2D eigenvalue weighted by molar-refractivity contribution is -0.123. The van der Waals surface area contributed by atoms with Gasteiger partial charge in [0.15, 0.2) is 18.1 Å². The summed E-state index contributed by atoms with van der Waals surface area (Å²) < 4.78 is 15.7. The van der Waals surface area contributed by atoms with E-state index < -0.39 is 11.8 Å². The number of nitrogens with one attached hydrogen (secondary N) is 2. The van der Waals surface area contributed by atoms with E-state index in [4.69, 9.17) is 14.2 Å². The van der Waals surface area contributed by atoms with Gasteiger partial charge in [-0.25, -0.2) is 0 Å². The van der Waals surface area contributed by atoms with Gasteiger partial charge < -0.3 is 14.2 Å². The topological polar surface area (TPSA) is 85.9 Å². The molecular formula is C18H20N2O5. The van der Waals surface area contributed by atoms with E-state index in [0.717, 1.165) is 5.56 Å². The van der Waals surface area contributed by atoms with Crippen LogP contribution in [0.25, 0.3) is 0 Å². The smallest absolute Gasteiger partial charge is 0.276 e. The molecule has 0 atom stereocenters. The molecule has 0 bridgehead atoms. The van der Waals surface area contributed by atoms with Crippen LogP contribution in [-0.2, 0) is 4.79 Å². The van der Waals surface area contributed by atoms with Crippen LogP contribution < -0.4 is 25.1 Å². The summed E-state index contributed by atoms with van der Waals surface area (Å²) in [5.41, 5.74) is 5.86. The highest BCUT2D eigenvalue weighted by atomic mass is 16.5. The van der Waals surface area contributed by atoms with Crippen LogP contribution in [0.4, 0.5) is 0 Å². The third-order valence-electron chi connectivity index (χ3n) is 3.41. The van der Waals surface area contributed by atoms with E-state index >= 15 is 0 Å². The van der Waals surface area contributed by atoms with E-state index in [0.29, 0.717) is 22.8 Å². The molecule has 0 radical (unpaired) electrons. The van der Waals surface area contributed by atoms with E-state index in [-0.39, 0.29) is 6.61 Å². The molecule has 132 valence electrons. The Hall–Kier alpha value is -3.22. The maximum absolute atomic E-state index is 12.1. The first-order chi connectivity index (χ1) is 12.0. The van der Waals surface area contributed by atoms with Crippen molar-refractivity contribution in [3.8, 4) is 17.2 Å². The SMILES string of the molecule is COc1ccc(C(=O)NNC(=O)COc2ccccc2C)cc1OC. The first kappa shape index (κ1) is 18.1. The Morgan fingerprint density at radius 3 is 2.32 bits per heavy atom. The molecule has 0 spiro atoms. The molecule has 7 nitrogen and oxygen atoms in total. The minimum atomic E-state index is -0.481. The van der Waals surface area contributed by atoms with Crippen LogP contribution in [0.15, 0.2) is 42.5 Å². The number of hydrogen-bond acceptors (Lipinski definition) is 5.